The molecule has 2 N–H and O–H groups in total. The van der Waals surface area contributed by atoms with Crippen LogP contribution < -0.4 is 5.32 Å². The normalized spacial score (nSPS) is 11.6. The second-order valence-corrected chi connectivity index (χ2v) is 5.69. The number of aliphatic carboxylic acids is 1. The van der Waals surface area contributed by atoms with Gasteiger partial charge in [0, 0.05) is 11.8 Å². The molecule has 21 heavy (non-hydrogen) atoms. The van der Waals surface area contributed by atoms with Crippen LogP contribution in [0.4, 0.5) is 5.69 Å². The van der Waals surface area contributed by atoms with Gasteiger partial charge in [0.2, 0.25) is 5.91 Å². The molecule has 1 amide bonds. The van der Waals surface area contributed by atoms with E-state index in [4.69, 9.17) is 9.84 Å². The van der Waals surface area contributed by atoms with E-state index in [9.17, 15) is 9.59 Å². The van der Waals surface area contributed by atoms with E-state index in [1.807, 2.05) is 33.8 Å². The standard InChI is InChI=1S/C16H21NO4/c1-11-5-7-13(9-12(11)6-8-15(19)20)17-14(18)10-21-16(2,3)4/h5-9H,10H2,1-4H3,(H,17,18)(H,19,20)/b8-6+. The smallest absolute Gasteiger partial charge is 0.328 e. The van der Waals surface area contributed by atoms with Crippen LogP contribution in [0.3, 0.4) is 0 Å². The van der Waals surface area contributed by atoms with Gasteiger partial charge in [-0.3, -0.25) is 4.79 Å². The van der Waals surface area contributed by atoms with Gasteiger partial charge in [-0.2, -0.15) is 0 Å². The summed E-state index contributed by atoms with van der Waals surface area (Å²) in [6.07, 6.45) is 2.57. The molecule has 0 heterocycles. The SMILES string of the molecule is Cc1ccc(NC(=O)COC(C)(C)C)cc1/C=C/C(=O)O. The number of carboxylic acids is 1. The number of ether oxygens (including phenoxy) is 1. The minimum absolute atomic E-state index is 0.0301. The third kappa shape index (κ3) is 6.72. The Kier molecular flexibility index (Phi) is 5.67. The van der Waals surface area contributed by atoms with Gasteiger partial charge in [0.1, 0.15) is 6.61 Å². The number of hydrogen-bond acceptors (Lipinski definition) is 3. The van der Waals surface area contributed by atoms with Crippen LogP contribution in [-0.4, -0.2) is 29.2 Å². The summed E-state index contributed by atoms with van der Waals surface area (Å²) >= 11 is 0. The summed E-state index contributed by atoms with van der Waals surface area (Å²) in [5, 5.41) is 11.4. The van der Waals surface area contributed by atoms with Crippen molar-refractivity contribution >= 4 is 23.6 Å². The predicted molar refractivity (Wildman–Crippen MR) is 82.2 cm³/mol. The molecule has 0 bridgehead atoms. The van der Waals surface area contributed by atoms with Crippen molar-refractivity contribution in [1.29, 1.82) is 0 Å². The van der Waals surface area contributed by atoms with E-state index in [0.29, 0.717) is 5.69 Å². The highest BCUT2D eigenvalue weighted by atomic mass is 16.5. The van der Waals surface area contributed by atoms with E-state index in [1.165, 1.54) is 6.08 Å². The zero-order valence-electron chi connectivity index (χ0n) is 12.8. The lowest BCUT2D eigenvalue weighted by atomic mass is 10.1. The Morgan fingerprint density at radius 2 is 2.00 bits per heavy atom. The highest BCUT2D eigenvalue weighted by molar-refractivity contribution is 5.92. The molecular weight excluding hydrogens is 270 g/mol. The largest absolute Gasteiger partial charge is 0.478 e. The average Bonchev–Trinajstić information content (AvgIpc) is 2.36. The van der Waals surface area contributed by atoms with Crippen LogP contribution in [0.15, 0.2) is 24.3 Å². The average molecular weight is 291 g/mol. The number of amides is 1. The number of hydrogen-bond donors (Lipinski definition) is 2. The van der Waals surface area contributed by atoms with Crippen molar-refractivity contribution in [2.45, 2.75) is 33.3 Å². The van der Waals surface area contributed by atoms with Gasteiger partial charge in [-0.25, -0.2) is 4.79 Å². The highest BCUT2D eigenvalue weighted by Crippen LogP contribution is 2.17. The lowest BCUT2D eigenvalue weighted by Crippen LogP contribution is -2.27. The van der Waals surface area contributed by atoms with Crippen LogP contribution in [0, 0.1) is 6.92 Å². The molecule has 5 heteroatoms. The number of carboxylic acid groups (broad SMARTS) is 1. The van der Waals surface area contributed by atoms with Crippen LogP contribution in [0.1, 0.15) is 31.9 Å². The summed E-state index contributed by atoms with van der Waals surface area (Å²) in [5.74, 6) is -1.26. The summed E-state index contributed by atoms with van der Waals surface area (Å²) in [5.41, 5.74) is 1.90. The molecular formula is C16H21NO4. The fourth-order valence-electron chi connectivity index (χ4n) is 1.54. The summed E-state index contributed by atoms with van der Waals surface area (Å²) < 4.78 is 5.39. The Hall–Kier alpha value is -2.14. The number of benzene rings is 1. The lowest BCUT2D eigenvalue weighted by molar-refractivity contribution is -0.131. The van der Waals surface area contributed by atoms with Crippen molar-refractivity contribution in [3.63, 3.8) is 0 Å². The maximum Gasteiger partial charge on any atom is 0.328 e. The molecule has 0 radical (unpaired) electrons. The van der Waals surface area contributed by atoms with E-state index in [-0.39, 0.29) is 18.1 Å². The van der Waals surface area contributed by atoms with Crippen LogP contribution >= 0.6 is 0 Å². The Balaban J connectivity index is 2.74. The molecule has 0 atom stereocenters. The fourth-order valence-corrected chi connectivity index (χ4v) is 1.54. The Labute approximate surface area is 124 Å². The first-order valence-corrected chi connectivity index (χ1v) is 6.63. The summed E-state index contributed by atoms with van der Waals surface area (Å²) in [7, 11) is 0. The van der Waals surface area contributed by atoms with Crippen molar-refractivity contribution in [2.75, 3.05) is 11.9 Å². The van der Waals surface area contributed by atoms with Gasteiger partial charge >= 0.3 is 5.97 Å². The topological polar surface area (TPSA) is 75.6 Å². The van der Waals surface area contributed by atoms with Gasteiger partial charge in [0.15, 0.2) is 0 Å². The van der Waals surface area contributed by atoms with E-state index in [1.54, 1.807) is 12.1 Å². The summed E-state index contributed by atoms with van der Waals surface area (Å²) in [6.45, 7) is 7.47. The first kappa shape index (κ1) is 16.9. The quantitative estimate of drug-likeness (QED) is 0.818. The molecule has 0 unspecified atom stereocenters. The molecule has 0 aromatic heterocycles. The number of carbonyl (C=O) groups is 2. The molecule has 0 saturated carbocycles. The van der Waals surface area contributed by atoms with Gasteiger partial charge in [0.05, 0.1) is 5.60 Å². The Morgan fingerprint density at radius 1 is 1.33 bits per heavy atom. The zero-order valence-corrected chi connectivity index (χ0v) is 12.8. The second kappa shape index (κ2) is 7.04. The van der Waals surface area contributed by atoms with Crippen LogP contribution in [0.2, 0.25) is 0 Å². The second-order valence-electron chi connectivity index (χ2n) is 5.69. The molecule has 0 saturated heterocycles. The molecule has 114 valence electrons. The molecule has 1 rings (SSSR count). The van der Waals surface area contributed by atoms with Crippen molar-refractivity contribution in [2.24, 2.45) is 0 Å². The molecule has 0 aliphatic rings. The van der Waals surface area contributed by atoms with Crippen molar-refractivity contribution in [3.05, 3.63) is 35.4 Å². The third-order valence-electron chi connectivity index (χ3n) is 2.60. The van der Waals surface area contributed by atoms with E-state index in [2.05, 4.69) is 5.32 Å². The number of rotatable bonds is 5. The number of carbonyl (C=O) groups excluding carboxylic acids is 1. The highest BCUT2D eigenvalue weighted by Gasteiger charge is 2.13. The summed E-state index contributed by atoms with van der Waals surface area (Å²) in [6, 6.07) is 5.31. The number of aryl methyl sites for hydroxylation is 1. The van der Waals surface area contributed by atoms with Gasteiger partial charge in [-0.05, 0) is 57.0 Å². The van der Waals surface area contributed by atoms with E-state index in [0.717, 1.165) is 17.2 Å². The van der Waals surface area contributed by atoms with Gasteiger partial charge in [-0.1, -0.05) is 6.07 Å². The molecule has 0 spiro atoms. The van der Waals surface area contributed by atoms with E-state index >= 15 is 0 Å². The minimum Gasteiger partial charge on any atom is -0.478 e. The molecule has 1 aromatic carbocycles. The molecule has 0 fully saturated rings. The van der Waals surface area contributed by atoms with Gasteiger partial charge in [0.25, 0.3) is 0 Å². The van der Waals surface area contributed by atoms with Crippen LogP contribution in [-0.2, 0) is 14.3 Å². The zero-order chi connectivity index (χ0) is 16.0. The number of anilines is 1. The molecule has 0 aliphatic carbocycles. The van der Waals surface area contributed by atoms with Crippen molar-refractivity contribution < 1.29 is 19.4 Å². The summed E-state index contributed by atoms with van der Waals surface area (Å²) in [4.78, 5) is 22.3. The van der Waals surface area contributed by atoms with Crippen LogP contribution in [0.25, 0.3) is 6.08 Å². The van der Waals surface area contributed by atoms with Gasteiger partial charge in [-0.15, -0.1) is 0 Å². The molecule has 5 nitrogen and oxygen atoms in total. The van der Waals surface area contributed by atoms with Gasteiger partial charge < -0.3 is 15.2 Å². The fraction of sp³-hybridized carbons (Fsp3) is 0.375. The van der Waals surface area contributed by atoms with Crippen molar-refractivity contribution in [1.82, 2.24) is 0 Å². The maximum absolute atomic E-state index is 11.8. The first-order chi connectivity index (χ1) is 9.67. The molecule has 0 aliphatic heterocycles. The number of nitrogens with one attached hydrogen (secondary N) is 1. The lowest BCUT2D eigenvalue weighted by Gasteiger charge is -2.19. The Morgan fingerprint density at radius 3 is 2.57 bits per heavy atom. The molecule has 1 aromatic rings. The third-order valence-corrected chi connectivity index (χ3v) is 2.60. The van der Waals surface area contributed by atoms with Crippen LogP contribution in [0.5, 0.6) is 0 Å². The Bertz CT molecular complexity index is 556. The minimum atomic E-state index is -1.01. The van der Waals surface area contributed by atoms with E-state index < -0.39 is 5.97 Å². The van der Waals surface area contributed by atoms with Crippen molar-refractivity contribution in [3.8, 4) is 0 Å². The first-order valence-electron chi connectivity index (χ1n) is 6.63. The monoisotopic (exact) mass is 291 g/mol. The maximum atomic E-state index is 11.8. The predicted octanol–water partition coefficient (Wildman–Crippen LogP) is 2.85.